The Balaban J connectivity index is 2.10. The summed E-state index contributed by atoms with van der Waals surface area (Å²) >= 11 is 0. The summed E-state index contributed by atoms with van der Waals surface area (Å²) in [6.07, 6.45) is 2.86. The van der Waals surface area contributed by atoms with E-state index in [1.807, 2.05) is 12.1 Å². The van der Waals surface area contributed by atoms with Crippen LogP contribution in [0.1, 0.15) is 12.0 Å². The van der Waals surface area contributed by atoms with Crippen molar-refractivity contribution in [1.29, 1.82) is 0 Å². The number of aromatic nitrogens is 1. The Morgan fingerprint density at radius 3 is 2.81 bits per heavy atom. The van der Waals surface area contributed by atoms with Gasteiger partial charge in [-0.25, -0.2) is 4.79 Å². The molecule has 1 saturated heterocycles. The second kappa shape index (κ2) is 4.49. The summed E-state index contributed by atoms with van der Waals surface area (Å²) in [6.45, 7) is 0.409. The van der Waals surface area contributed by atoms with Crippen molar-refractivity contribution in [3.05, 3.63) is 30.1 Å². The van der Waals surface area contributed by atoms with Gasteiger partial charge in [0, 0.05) is 18.9 Å². The molecule has 2 N–H and O–H groups in total. The predicted molar refractivity (Wildman–Crippen MR) is 57.1 cm³/mol. The molecule has 0 aliphatic carbocycles. The van der Waals surface area contributed by atoms with Crippen LogP contribution in [0.5, 0.6) is 0 Å². The van der Waals surface area contributed by atoms with Crippen molar-refractivity contribution in [2.75, 3.05) is 6.54 Å². The van der Waals surface area contributed by atoms with Crippen molar-refractivity contribution in [3.63, 3.8) is 0 Å². The number of hydrogen-bond donors (Lipinski definition) is 2. The summed E-state index contributed by atoms with van der Waals surface area (Å²) in [5, 5.41) is 18.7. The number of pyridine rings is 1. The third-order valence-electron chi connectivity index (χ3n) is 2.95. The zero-order valence-corrected chi connectivity index (χ0v) is 8.78. The molecular formula is C11H14N2O3. The van der Waals surface area contributed by atoms with E-state index >= 15 is 0 Å². The Labute approximate surface area is 93.3 Å². The second-order valence-corrected chi connectivity index (χ2v) is 3.96. The largest absolute Gasteiger partial charge is 0.465 e. The van der Waals surface area contributed by atoms with Crippen LogP contribution in [0.3, 0.4) is 0 Å². The van der Waals surface area contributed by atoms with Crippen molar-refractivity contribution in [3.8, 4) is 0 Å². The zero-order chi connectivity index (χ0) is 11.5. The monoisotopic (exact) mass is 222 g/mol. The van der Waals surface area contributed by atoms with Crippen LogP contribution in [-0.2, 0) is 6.42 Å². The van der Waals surface area contributed by atoms with Gasteiger partial charge < -0.3 is 15.1 Å². The number of likely N-dealkylation sites (tertiary alicyclic amines) is 1. The molecule has 1 amide bonds. The van der Waals surface area contributed by atoms with Gasteiger partial charge in [0.15, 0.2) is 0 Å². The number of carboxylic acid groups (broad SMARTS) is 1. The Bertz CT molecular complexity index is 369. The maximum Gasteiger partial charge on any atom is 0.407 e. The maximum atomic E-state index is 11.0. The first kappa shape index (κ1) is 10.9. The van der Waals surface area contributed by atoms with Crippen LogP contribution < -0.4 is 0 Å². The molecule has 0 spiro atoms. The highest BCUT2D eigenvalue weighted by atomic mass is 16.4. The number of hydrogen-bond acceptors (Lipinski definition) is 3. The van der Waals surface area contributed by atoms with E-state index < -0.39 is 12.2 Å². The van der Waals surface area contributed by atoms with Gasteiger partial charge in [0.1, 0.15) is 0 Å². The summed E-state index contributed by atoms with van der Waals surface area (Å²) in [4.78, 5) is 16.2. The first-order valence-corrected chi connectivity index (χ1v) is 5.25. The number of rotatable bonds is 2. The SMILES string of the molecule is O=C(O)N1CC[C@@H](O)C1Cc1ccncc1. The van der Waals surface area contributed by atoms with Crippen molar-refractivity contribution in [2.24, 2.45) is 0 Å². The van der Waals surface area contributed by atoms with Gasteiger partial charge in [0.05, 0.1) is 12.1 Å². The molecule has 0 bridgehead atoms. The van der Waals surface area contributed by atoms with Crippen LogP contribution in [0.15, 0.2) is 24.5 Å². The Morgan fingerprint density at radius 2 is 2.19 bits per heavy atom. The first-order valence-electron chi connectivity index (χ1n) is 5.25. The number of carbonyl (C=O) groups is 1. The van der Waals surface area contributed by atoms with Crippen molar-refractivity contribution < 1.29 is 15.0 Å². The molecule has 2 rings (SSSR count). The Morgan fingerprint density at radius 1 is 1.50 bits per heavy atom. The van der Waals surface area contributed by atoms with E-state index in [-0.39, 0.29) is 6.04 Å². The lowest BCUT2D eigenvalue weighted by molar-refractivity contribution is 0.100. The van der Waals surface area contributed by atoms with Gasteiger partial charge in [0.2, 0.25) is 0 Å². The molecule has 1 aromatic heterocycles. The molecule has 16 heavy (non-hydrogen) atoms. The fourth-order valence-electron chi connectivity index (χ4n) is 2.08. The molecule has 1 aliphatic rings. The van der Waals surface area contributed by atoms with Crippen LogP contribution in [0.2, 0.25) is 0 Å². The summed E-state index contributed by atoms with van der Waals surface area (Å²) in [5.74, 6) is 0. The fourth-order valence-corrected chi connectivity index (χ4v) is 2.08. The molecule has 0 saturated carbocycles. The lowest BCUT2D eigenvalue weighted by atomic mass is 10.0. The van der Waals surface area contributed by atoms with Gasteiger partial charge in [-0.05, 0) is 30.5 Å². The minimum Gasteiger partial charge on any atom is -0.465 e. The number of aliphatic hydroxyl groups excluding tert-OH is 1. The molecule has 1 unspecified atom stereocenters. The standard InChI is InChI=1S/C11H14N2O3/c14-10-3-6-13(11(15)16)9(10)7-8-1-4-12-5-2-8/h1-2,4-5,9-10,14H,3,6-7H2,(H,15,16)/t9?,10-/m1/s1. The van der Waals surface area contributed by atoms with Crippen LogP contribution in [0.25, 0.3) is 0 Å². The summed E-state index contributed by atoms with van der Waals surface area (Å²) < 4.78 is 0. The lowest BCUT2D eigenvalue weighted by Crippen LogP contribution is -2.40. The van der Waals surface area contributed by atoms with Gasteiger partial charge in [-0.15, -0.1) is 0 Å². The minimum atomic E-state index is -0.962. The molecule has 0 aromatic carbocycles. The van der Waals surface area contributed by atoms with E-state index in [4.69, 9.17) is 5.11 Å². The molecule has 2 atom stereocenters. The average molecular weight is 222 g/mol. The van der Waals surface area contributed by atoms with E-state index in [0.29, 0.717) is 19.4 Å². The number of nitrogens with zero attached hydrogens (tertiary/aromatic N) is 2. The fraction of sp³-hybridized carbons (Fsp3) is 0.455. The normalized spacial score (nSPS) is 24.7. The van der Waals surface area contributed by atoms with Crippen molar-refractivity contribution >= 4 is 6.09 Å². The number of amides is 1. The predicted octanol–water partition coefficient (Wildman–Crippen LogP) is 0.737. The first-order chi connectivity index (χ1) is 7.68. The van der Waals surface area contributed by atoms with E-state index in [9.17, 15) is 9.90 Å². The number of aliphatic hydroxyl groups is 1. The molecular weight excluding hydrogens is 208 g/mol. The lowest BCUT2D eigenvalue weighted by Gasteiger charge is -2.23. The summed E-state index contributed by atoms with van der Waals surface area (Å²) in [7, 11) is 0. The summed E-state index contributed by atoms with van der Waals surface area (Å²) in [6, 6.07) is 3.34. The Kier molecular flexibility index (Phi) is 3.05. The van der Waals surface area contributed by atoms with Crippen molar-refractivity contribution in [1.82, 2.24) is 9.88 Å². The highest BCUT2D eigenvalue weighted by molar-refractivity contribution is 5.66. The molecule has 1 aliphatic heterocycles. The third-order valence-corrected chi connectivity index (χ3v) is 2.95. The molecule has 2 heterocycles. The highest BCUT2D eigenvalue weighted by Crippen LogP contribution is 2.21. The van der Waals surface area contributed by atoms with E-state index in [1.54, 1.807) is 12.4 Å². The van der Waals surface area contributed by atoms with Gasteiger partial charge >= 0.3 is 6.09 Å². The van der Waals surface area contributed by atoms with Crippen LogP contribution >= 0.6 is 0 Å². The van der Waals surface area contributed by atoms with E-state index in [2.05, 4.69) is 4.98 Å². The summed E-state index contributed by atoms with van der Waals surface area (Å²) in [5.41, 5.74) is 0.993. The third kappa shape index (κ3) is 2.14. The zero-order valence-electron chi connectivity index (χ0n) is 8.78. The molecule has 5 nitrogen and oxygen atoms in total. The molecule has 5 heteroatoms. The molecule has 86 valence electrons. The van der Waals surface area contributed by atoms with Gasteiger partial charge in [-0.3, -0.25) is 4.98 Å². The molecule has 1 fully saturated rings. The average Bonchev–Trinajstić information content (AvgIpc) is 2.62. The van der Waals surface area contributed by atoms with Gasteiger partial charge in [0.25, 0.3) is 0 Å². The van der Waals surface area contributed by atoms with Crippen molar-refractivity contribution in [2.45, 2.75) is 25.0 Å². The van der Waals surface area contributed by atoms with Gasteiger partial charge in [-0.1, -0.05) is 0 Å². The molecule has 1 aromatic rings. The van der Waals surface area contributed by atoms with Crippen LogP contribution in [0, 0.1) is 0 Å². The van der Waals surface area contributed by atoms with E-state index in [1.165, 1.54) is 4.90 Å². The minimum absolute atomic E-state index is 0.333. The Hall–Kier alpha value is -1.62. The molecule has 0 radical (unpaired) electrons. The van der Waals surface area contributed by atoms with Crippen LogP contribution in [0.4, 0.5) is 4.79 Å². The topological polar surface area (TPSA) is 73.7 Å². The van der Waals surface area contributed by atoms with E-state index in [0.717, 1.165) is 5.56 Å². The second-order valence-electron chi connectivity index (χ2n) is 3.96. The highest BCUT2D eigenvalue weighted by Gasteiger charge is 2.35. The quantitative estimate of drug-likeness (QED) is 0.774. The van der Waals surface area contributed by atoms with Crippen LogP contribution in [-0.4, -0.2) is 44.9 Å². The smallest absolute Gasteiger partial charge is 0.407 e. The maximum absolute atomic E-state index is 11.0. The van der Waals surface area contributed by atoms with Gasteiger partial charge in [-0.2, -0.15) is 0 Å².